The third-order valence-electron chi connectivity index (χ3n) is 26.4. The van der Waals surface area contributed by atoms with E-state index in [1.165, 1.54) is 306 Å². The molecule has 0 aliphatic rings. The summed E-state index contributed by atoms with van der Waals surface area (Å²) in [5.41, 5.74) is 62.0. The molecular weight excluding hydrogens is 1040 g/mol. The minimum absolute atomic E-state index is 1.38. The molecule has 0 bridgehead atoms. The molecule has 90 heavy (non-hydrogen) atoms. The zero-order valence-electron chi connectivity index (χ0n) is 62.0. The Morgan fingerprint density at radius 3 is 0.389 bits per heavy atom. The Morgan fingerprint density at radius 2 is 0.167 bits per heavy atom. The molecule has 0 amide bonds. The number of hydrogen-bond donors (Lipinski definition) is 0. The van der Waals surface area contributed by atoms with Crippen molar-refractivity contribution in [3.05, 3.63) is 0 Å². The Kier molecular flexibility index (Phi) is 15.7. The monoisotopic (exact) mass is 1110 g/mol. The van der Waals surface area contributed by atoms with Gasteiger partial charge in [-0.3, -0.25) is 0 Å². The lowest BCUT2D eigenvalue weighted by molar-refractivity contribution is 1.80. The lowest BCUT2D eigenvalue weighted by Crippen LogP contribution is -2.56. The van der Waals surface area contributed by atoms with E-state index >= 15 is 0 Å². The van der Waals surface area contributed by atoms with Crippen LogP contribution in [0.1, 0.15) is 0 Å². The highest BCUT2D eigenvalue weighted by molar-refractivity contribution is 6.80. The van der Waals surface area contributed by atoms with Crippen LogP contribution in [0.5, 0.6) is 0 Å². The lowest BCUT2D eigenvalue weighted by Gasteiger charge is -2.33. The maximum atomic E-state index is 2.46. The van der Waals surface area contributed by atoms with E-state index in [1.54, 1.807) is 0 Å². The van der Waals surface area contributed by atoms with E-state index in [0.717, 1.165) is 0 Å². The molecule has 0 saturated carbocycles. The topological polar surface area (TPSA) is 0 Å². The highest BCUT2D eigenvalue weighted by Gasteiger charge is 2.33. The summed E-state index contributed by atoms with van der Waals surface area (Å²) in [6, 6.07) is 0. The van der Waals surface area contributed by atoms with Crippen molar-refractivity contribution >= 4 is 517 Å². The second-order valence-corrected chi connectivity index (χ2v) is 29.5. The van der Waals surface area contributed by atoms with E-state index < -0.39 is 0 Å². The molecule has 0 atom stereocenters. The molecule has 12 rings (SSSR count). The van der Waals surface area contributed by atoms with Crippen molar-refractivity contribution in [2.75, 3.05) is 0 Å². The number of benzene rings is 12. The first kappa shape index (κ1) is 65.0. The van der Waals surface area contributed by atoms with Crippen molar-refractivity contribution in [2.45, 2.75) is 0 Å². The molecule has 0 N–H and O–H groups in total. The maximum absolute atomic E-state index is 2.46. The average Bonchev–Trinajstić information content (AvgIpc) is 0.690. The zero-order valence-corrected chi connectivity index (χ0v) is 62.0. The van der Waals surface area contributed by atoms with Gasteiger partial charge in [-0.2, -0.15) is 0 Å². The first-order valence-electron chi connectivity index (χ1n) is 33.8. The van der Waals surface area contributed by atoms with Gasteiger partial charge in [-0.25, -0.2) is 0 Å². The first-order chi connectivity index (χ1) is 42.0. The third kappa shape index (κ3) is 8.05. The Hall–Kier alpha value is -5.07. The van der Waals surface area contributed by atoms with Crippen LogP contribution in [0.2, 0.25) is 0 Å². The first-order valence-corrected chi connectivity index (χ1v) is 33.8. The predicted molar refractivity (Wildman–Crippen MR) is 519 cm³/mol. The highest BCUT2D eigenvalue weighted by atomic mass is 14.3. The summed E-state index contributed by atoms with van der Waals surface area (Å²) >= 11 is 0. The van der Waals surface area contributed by atoms with Crippen LogP contribution in [0.15, 0.2) is 0 Å². The van der Waals surface area contributed by atoms with Gasteiger partial charge in [0.1, 0.15) is 267 Å². The van der Waals surface area contributed by atoms with Crippen LogP contribution < -0.4 is 186 Å². The molecule has 0 saturated heterocycles. The summed E-state index contributed by atoms with van der Waals surface area (Å²) < 4.78 is 0. The molecular formula is C56H68B34. The molecule has 0 aliphatic heterocycles. The summed E-state index contributed by atoms with van der Waals surface area (Å²) in [5.74, 6) is 0. The molecule has 0 fully saturated rings. The second kappa shape index (κ2) is 21.7. The van der Waals surface area contributed by atoms with E-state index in [-0.39, 0.29) is 0 Å². The van der Waals surface area contributed by atoms with Gasteiger partial charge in [0, 0.05) is 0 Å². The SMILES string of the molecule is Bc1c(B)c(B)c(-c2c(B)c(B)c3c(B)c(B)c4c(-c5c(B)c(B)c(-c6c(B)c(B)c(B)c(-c7c(B)c(B)c(-c8c(B)c(B)c9c(B)c(B)c%10c(B)c(B)c(B)c%11c(B)c(B)c8c9c%10%11)c(B)c7B)c6B)c(B)c5B)c(B)c(B)c5c(B)c(B)c2c3c54)c(B)c1B. The molecule has 0 aliphatic carbocycles. The van der Waals surface area contributed by atoms with Gasteiger partial charge in [0.25, 0.3) is 0 Å². The normalized spacial score (nSPS) is 12.0. The van der Waals surface area contributed by atoms with E-state index in [2.05, 4.69) is 267 Å². The average molecular weight is 1110 g/mol. The van der Waals surface area contributed by atoms with Crippen LogP contribution in [0.3, 0.4) is 0 Å². The molecule has 0 nitrogen and oxygen atoms in total. The van der Waals surface area contributed by atoms with Crippen molar-refractivity contribution in [1.29, 1.82) is 0 Å². The molecule has 0 aromatic heterocycles. The van der Waals surface area contributed by atoms with Crippen LogP contribution in [-0.2, 0) is 0 Å². The smallest absolute Gasteiger partial charge is 0.102 e. The molecule has 12 aromatic carbocycles. The fraction of sp³-hybridized carbons (Fsp3) is 0. The van der Waals surface area contributed by atoms with Gasteiger partial charge in [0.05, 0.1) is 0 Å². The third-order valence-corrected chi connectivity index (χ3v) is 26.4. The highest BCUT2D eigenvalue weighted by Crippen LogP contribution is 2.37. The Balaban J connectivity index is 1.13. The summed E-state index contributed by atoms with van der Waals surface area (Å²) in [7, 11) is 81.9. The number of rotatable bonds is 5. The maximum Gasteiger partial charge on any atom is 0.140 e. The summed E-state index contributed by atoms with van der Waals surface area (Å²) in [5, 5.41) is 17.4. The molecule has 0 spiro atoms. The van der Waals surface area contributed by atoms with Crippen molar-refractivity contribution in [3.8, 4) is 55.6 Å². The standard InChI is InChI=1S/C56H68B34/c57-23-19(50(84)53(87)51(85)20(23)22-44(78)40(74)17(41(75)45(22)79)9-7-3-4-14(35(69)26(7)60)46(80)52(86)47(81)15(4)37(71)36(70)13(3)34(68)28(9)62)21-42(76)38(72)16(39(73)43(21)77)8-5-1-2-6(25(59)31(65)11(1)32(66)27(8)61)10(29(63)33(67)12(2)30(64)24(5)58)18-48(82)54(88)56(90)55(89)49(18)83/h57-90H2. The quantitative estimate of drug-likeness (QED) is 0.119. The van der Waals surface area contributed by atoms with Gasteiger partial charge in [-0.15, -0.1) is 27.3 Å². The van der Waals surface area contributed by atoms with E-state index in [9.17, 15) is 0 Å². The minimum atomic E-state index is 1.38. The lowest BCUT2D eigenvalue weighted by atomic mass is 9.54. The molecule has 34 heteroatoms. The van der Waals surface area contributed by atoms with Crippen LogP contribution in [-0.4, -0.2) is 267 Å². The Labute approximate surface area is 568 Å². The van der Waals surface area contributed by atoms with E-state index in [4.69, 9.17) is 0 Å². The zero-order chi connectivity index (χ0) is 66.3. The van der Waals surface area contributed by atoms with Gasteiger partial charge >= 0.3 is 0 Å². The van der Waals surface area contributed by atoms with Crippen LogP contribution in [0, 0.1) is 0 Å². The van der Waals surface area contributed by atoms with Crippen LogP contribution in [0.4, 0.5) is 0 Å². The molecule has 0 heterocycles. The predicted octanol–water partition coefficient (Wildman–Crippen LogP) is -43.4. The number of hydrogen-bond acceptors (Lipinski definition) is 0. The van der Waals surface area contributed by atoms with Gasteiger partial charge in [-0.05, 0) is 120 Å². The largest absolute Gasteiger partial charge is 0.140 e. The summed E-state index contributed by atoms with van der Waals surface area (Å²) in [6.45, 7) is 0. The van der Waals surface area contributed by atoms with Crippen molar-refractivity contribution in [1.82, 2.24) is 0 Å². The van der Waals surface area contributed by atoms with Gasteiger partial charge < -0.3 is 0 Å². The van der Waals surface area contributed by atoms with Gasteiger partial charge in [0.15, 0.2) is 0 Å². The fourth-order valence-corrected chi connectivity index (χ4v) is 19.2. The summed E-state index contributed by atoms with van der Waals surface area (Å²) in [4.78, 5) is 0. The molecule has 0 radical (unpaired) electrons. The Bertz CT molecular complexity index is 5340. The Morgan fingerprint density at radius 1 is 0.0667 bits per heavy atom. The van der Waals surface area contributed by atoms with Crippen molar-refractivity contribution < 1.29 is 0 Å². The summed E-state index contributed by atoms with van der Waals surface area (Å²) in [6.07, 6.45) is 0. The van der Waals surface area contributed by atoms with Crippen LogP contribution in [0.25, 0.3) is 120 Å². The van der Waals surface area contributed by atoms with Crippen molar-refractivity contribution in [3.63, 3.8) is 0 Å². The van der Waals surface area contributed by atoms with E-state index in [0.29, 0.717) is 0 Å². The second-order valence-electron chi connectivity index (χ2n) is 29.5. The van der Waals surface area contributed by atoms with Gasteiger partial charge in [0.2, 0.25) is 0 Å². The molecule has 0 unspecified atom stereocenters. The van der Waals surface area contributed by atoms with Crippen molar-refractivity contribution in [2.24, 2.45) is 0 Å². The fourth-order valence-electron chi connectivity index (χ4n) is 19.2. The molecule has 12 aromatic rings. The van der Waals surface area contributed by atoms with Crippen LogP contribution >= 0.6 is 0 Å². The van der Waals surface area contributed by atoms with E-state index in [1.807, 2.05) is 0 Å². The molecule has 394 valence electrons. The minimum Gasteiger partial charge on any atom is -0.102 e. The van der Waals surface area contributed by atoms with Gasteiger partial charge in [-0.1, -0.05) is 158 Å².